The summed E-state index contributed by atoms with van der Waals surface area (Å²) in [6.07, 6.45) is -7.49. The Morgan fingerprint density at radius 3 is 2.14 bits per heavy atom. The van der Waals surface area contributed by atoms with E-state index in [4.69, 9.17) is 24.4 Å². The predicted octanol–water partition coefficient (Wildman–Crippen LogP) is -3.56. The molecule has 1 saturated heterocycles. The Kier molecular flexibility index (Phi) is 5.52. The lowest BCUT2D eigenvalue weighted by Gasteiger charge is -2.41. The van der Waals surface area contributed by atoms with E-state index >= 15 is 0 Å². The summed E-state index contributed by atoms with van der Waals surface area (Å²) in [5.41, 5.74) is 0. The Bertz CT molecular complexity index is 361. The molecule has 2 heterocycles. The third kappa shape index (κ3) is 3.35. The third-order valence-corrected chi connectivity index (χ3v) is 3.56. The molecule has 0 aromatic rings. The van der Waals surface area contributed by atoms with Gasteiger partial charge in [-0.2, -0.15) is 0 Å². The van der Waals surface area contributed by atoms with Gasteiger partial charge in [0, 0.05) is 0 Å². The summed E-state index contributed by atoms with van der Waals surface area (Å²) in [5, 5.41) is 57.2. The molecule has 0 aliphatic carbocycles. The van der Waals surface area contributed by atoms with E-state index < -0.39 is 62.2 Å². The second kappa shape index (κ2) is 6.99. The Morgan fingerprint density at radius 1 is 0.857 bits per heavy atom. The summed E-state index contributed by atoms with van der Waals surface area (Å²) < 4.78 is 15.5. The van der Waals surface area contributed by atoms with Gasteiger partial charge < -0.3 is 44.8 Å². The monoisotopic (exact) mass is 308 g/mol. The second-order valence-corrected chi connectivity index (χ2v) is 4.97. The zero-order valence-electron chi connectivity index (χ0n) is 11.1. The first kappa shape index (κ1) is 16.6. The zero-order valence-corrected chi connectivity index (χ0v) is 11.1. The fourth-order valence-corrected chi connectivity index (χ4v) is 2.24. The molecule has 0 aromatic heterocycles. The van der Waals surface area contributed by atoms with Gasteiger partial charge in [-0.05, 0) is 6.08 Å². The molecular weight excluding hydrogens is 288 g/mol. The van der Waals surface area contributed by atoms with Crippen LogP contribution in [0.1, 0.15) is 0 Å². The van der Waals surface area contributed by atoms with Crippen molar-refractivity contribution >= 4 is 0 Å². The largest absolute Gasteiger partial charge is 0.493 e. The molecule has 0 spiro atoms. The molecule has 9 heteroatoms. The average Bonchev–Trinajstić information content (AvgIpc) is 2.49. The van der Waals surface area contributed by atoms with Crippen molar-refractivity contribution < 1.29 is 44.8 Å². The van der Waals surface area contributed by atoms with Crippen LogP contribution in [-0.2, 0) is 14.2 Å². The van der Waals surface area contributed by atoms with E-state index in [1.807, 2.05) is 0 Å². The van der Waals surface area contributed by atoms with Crippen LogP contribution in [0.2, 0.25) is 0 Å². The molecule has 0 aromatic carbocycles. The molecule has 9 nitrogen and oxygen atoms in total. The molecular formula is C12H20O9. The van der Waals surface area contributed by atoms with Gasteiger partial charge in [0.05, 0.1) is 19.5 Å². The lowest BCUT2D eigenvalue weighted by Crippen LogP contribution is -2.60. The molecule has 2 aliphatic heterocycles. The van der Waals surface area contributed by atoms with Crippen molar-refractivity contribution in [3.63, 3.8) is 0 Å². The molecule has 0 amide bonds. The van der Waals surface area contributed by atoms with E-state index in [-0.39, 0.29) is 0 Å². The number of rotatable bonds is 4. The SMILES string of the molecule is OC[C@H]1O[C@H](O[C@@H]2C=CO[C@H](CO)[C@H]2O)[C@@H](O)[C@@H](O)[C@@H]1O. The lowest BCUT2D eigenvalue weighted by molar-refractivity contribution is -0.315. The third-order valence-electron chi connectivity index (χ3n) is 3.56. The normalized spacial score (nSPS) is 47.1. The van der Waals surface area contributed by atoms with Crippen molar-refractivity contribution in [1.29, 1.82) is 0 Å². The highest BCUT2D eigenvalue weighted by molar-refractivity contribution is 4.99. The quantitative estimate of drug-likeness (QED) is 0.310. The summed E-state index contributed by atoms with van der Waals surface area (Å²) >= 11 is 0. The summed E-state index contributed by atoms with van der Waals surface area (Å²) in [5.74, 6) is 0. The van der Waals surface area contributed by atoms with Gasteiger partial charge in [0.2, 0.25) is 0 Å². The number of hydrogen-bond donors (Lipinski definition) is 6. The van der Waals surface area contributed by atoms with Gasteiger partial charge in [0.15, 0.2) is 6.29 Å². The Balaban J connectivity index is 2.04. The minimum atomic E-state index is -1.56. The minimum Gasteiger partial charge on any atom is -0.493 e. The summed E-state index contributed by atoms with van der Waals surface area (Å²) in [6, 6.07) is 0. The highest BCUT2D eigenvalue weighted by Crippen LogP contribution is 2.25. The maximum Gasteiger partial charge on any atom is 0.187 e. The molecule has 0 unspecified atom stereocenters. The molecule has 0 bridgehead atoms. The molecule has 21 heavy (non-hydrogen) atoms. The molecule has 6 N–H and O–H groups in total. The molecule has 0 saturated carbocycles. The summed E-state index contributed by atoms with van der Waals surface area (Å²) in [6.45, 7) is -1.00. The van der Waals surface area contributed by atoms with E-state index in [0.717, 1.165) is 0 Å². The number of ether oxygens (including phenoxy) is 3. The van der Waals surface area contributed by atoms with E-state index in [9.17, 15) is 20.4 Å². The van der Waals surface area contributed by atoms with E-state index in [1.54, 1.807) is 0 Å². The molecule has 1 fully saturated rings. The molecule has 122 valence electrons. The van der Waals surface area contributed by atoms with Crippen LogP contribution in [0.15, 0.2) is 12.3 Å². The van der Waals surface area contributed by atoms with Crippen molar-refractivity contribution in [2.75, 3.05) is 13.2 Å². The first-order chi connectivity index (χ1) is 9.99. The zero-order chi connectivity index (χ0) is 15.6. The van der Waals surface area contributed by atoms with Gasteiger partial charge in [0.1, 0.15) is 42.7 Å². The van der Waals surface area contributed by atoms with Gasteiger partial charge in [-0.1, -0.05) is 0 Å². The van der Waals surface area contributed by atoms with Crippen LogP contribution in [0.4, 0.5) is 0 Å². The smallest absolute Gasteiger partial charge is 0.187 e. The maximum absolute atomic E-state index is 9.93. The standard InChI is InChI=1S/C12H20O9/c13-3-6-8(15)5(1-2-19-6)20-12-11(18)10(17)9(16)7(4-14)21-12/h1-2,5-18H,3-4H2/t5-,6-,7-,8+,9-,10+,11+,12+/m1/s1. The van der Waals surface area contributed by atoms with E-state index in [2.05, 4.69) is 0 Å². The van der Waals surface area contributed by atoms with E-state index in [0.29, 0.717) is 0 Å². The molecule has 0 radical (unpaired) electrons. The Hall–Kier alpha value is -0.780. The predicted molar refractivity (Wildman–Crippen MR) is 65.7 cm³/mol. The maximum atomic E-state index is 9.93. The fourth-order valence-electron chi connectivity index (χ4n) is 2.24. The van der Waals surface area contributed by atoms with Crippen molar-refractivity contribution in [1.82, 2.24) is 0 Å². The van der Waals surface area contributed by atoms with Crippen LogP contribution in [-0.4, -0.2) is 92.9 Å². The molecule has 8 atom stereocenters. The summed E-state index contributed by atoms with van der Waals surface area (Å²) in [7, 11) is 0. The Labute approximate surface area is 120 Å². The van der Waals surface area contributed by atoms with Crippen LogP contribution < -0.4 is 0 Å². The molecule has 2 aliphatic rings. The second-order valence-electron chi connectivity index (χ2n) is 4.97. The van der Waals surface area contributed by atoms with Gasteiger partial charge in [0.25, 0.3) is 0 Å². The first-order valence-corrected chi connectivity index (χ1v) is 6.56. The van der Waals surface area contributed by atoms with Crippen LogP contribution in [0, 0.1) is 0 Å². The first-order valence-electron chi connectivity index (χ1n) is 6.56. The van der Waals surface area contributed by atoms with Gasteiger partial charge >= 0.3 is 0 Å². The Morgan fingerprint density at radius 2 is 1.52 bits per heavy atom. The average molecular weight is 308 g/mol. The van der Waals surface area contributed by atoms with Crippen molar-refractivity contribution in [2.24, 2.45) is 0 Å². The van der Waals surface area contributed by atoms with Gasteiger partial charge in [-0.25, -0.2) is 0 Å². The summed E-state index contributed by atoms with van der Waals surface area (Å²) in [4.78, 5) is 0. The van der Waals surface area contributed by atoms with Gasteiger partial charge in [-0.3, -0.25) is 0 Å². The lowest BCUT2D eigenvalue weighted by atomic mass is 9.99. The fraction of sp³-hybridized carbons (Fsp3) is 0.833. The number of aliphatic hydroxyl groups excluding tert-OH is 6. The van der Waals surface area contributed by atoms with Crippen LogP contribution >= 0.6 is 0 Å². The highest BCUT2D eigenvalue weighted by Gasteiger charge is 2.46. The molecule has 2 rings (SSSR count). The highest BCUT2D eigenvalue weighted by atomic mass is 16.7. The van der Waals surface area contributed by atoms with Crippen molar-refractivity contribution in [3.8, 4) is 0 Å². The minimum absolute atomic E-state index is 0.431. The van der Waals surface area contributed by atoms with Crippen molar-refractivity contribution in [2.45, 2.75) is 49.0 Å². The van der Waals surface area contributed by atoms with Crippen molar-refractivity contribution in [3.05, 3.63) is 12.3 Å². The van der Waals surface area contributed by atoms with Crippen LogP contribution in [0.3, 0.4) is 0 Å². The van der Waals surface area contributed by atoms with Crippen LogP contribution in [0.5, 0.6) is 0 Å². The number of aliphatic hydroxyl groups is 6. The van der Waals surface area contributed by atoms with Crippen LogP contribution in [0.25, 0.3) is 0 Å². The van der Waals surface area contributed by atoms with Gasteiger partial charge in [-0.15, -0.1) is 0 Å². The van der Waals surface area contributed by atoms with E-state index in [1.165, 1.54) is 12.3 Å². The number of hydrogen-bond acceptors (Lipinski definition) is 9. The topological polar surface area (TPSA) is 149 Å².